The highest BCUT2D eigenvalue weighted by atomic mass is 16.5. The van der Waals surface area contributed by atoms with Crippen LogP contribution in [0, 0.1) is 5.92 Å². The van der Waals surface area contributed by atoms with Crippen LogP contribution in [0.4, 0.5) is 5.69 Å². The van der Waals surface area contributed by atoms with E-state index in [4.69, 9.17) is 4.74 Å². The molecule has 0 fully saturated rings. The van der Waals surface area contributed by atoms with Crippen LogP contribution in [0.2, 0.25) is 0 Å². The lowest BCUT2D eigenvalue weighted by atomic mass is 9.90. The summed E-state index contributed by atoms with van der Waals surface area (Å²) in [4.78, 5) is 27.8. The lowest BCUT2D eigenvalue weighted by Gasteiger charge is -2.27. The second-order valence-electron chi connectivity index (χ2n) is 8.61. The molecule has 164 valence electrons. The van der Waals surface area contributed by atoms with Gasteiger partial charge >= 0.3 is 0 Å². The van der Waals surface area contributed by atoms with Gasteiger partial charge in [-0.2, -0.15) is 0 Å². The summed E-state index contributed by atoms with van der Waals surface area (Å²) in [5, 5.41) is 10.8. The summed E-state index contributed by atoms with van der Waals surface area (Å²) in [5.41, 5.74) is 2.70. The average molecular weight is 422 g/mol. The normalized spacial score (nSPS) is 16.5. The van der Waals surface area contributed by atoms with Crippen LogP contribution in [0.25, 0.3) is 0 Å². The number of Topliss-reactive ketones (excluding diaryl/α,β-unsaturated/α-hetero) is 1. The van der Waals surface area contributed by atoms with Gasteiger partial charge in [0.25, 0.3) is 5.91 Å². The van der Waals surface area contributed by atoms with Gasteiger partial charge in [0.1, 0.15) is 5.75 Å². The zero-order valence-electron chi connectivity index (χ0n) is 18.9. The number of aliphatic hydroxyl groups excluding tert-OH is 1. The van der Waals surface area contributed by atoms with E-state index in [2.05, 4.69) is 13.8 Å². The van der Waals surface area contributed by atoms with Crippen LogP contribution in [-0.2, 0) is 9.59 Å². The number of anilines is 1. The molecule has 1 N–H and O–H groups in total. The number of carbonyl (C=O) groups excluding carboxylic acids is 2. The fourth-order valence-corrected chi connectivity index (χ4v) is 3.91. The van der Waals surface area contributed by atoms with Crippen molar-refractivity contribution in [3.8, 4) is 5.75 Å². The molecule has 0 aromatic heterocycles. The smallest absolute Gasteiger partial charge is 0.294 e. The van der Waals surface area contributed by atoms with E-state index in [1.165, 1.54) is 10.5 Å². The summed E-state index contributed by atoms with van der Waals surface area (Å²) in [6.07, 6.45) is 0.264. The number of ketones is 1. The summed E-state index contributed by atoms with van der Waals surface area (Å²) in [5.74, 6) is -0.138. The molecule has 5 heteroatoms. The number of aliphatic hydroxyl groups is 1. The highest BCUT2D eigenvalue weighted by molar-refractivity contribution is 6.16. The SMILES string of the molecule is CCOc1cccc(N2C(=O)C(O)=C(C(=O)CC(C)C)C2c2ccc(C(C)C)cc2)c1. The molecule has 5 nitrogen and oxygen atoms in total. The largest absolute Gasteiger partial charge is 0.503 e. The Labute approximate surface area is 184 Å². The minimum absolute atomic E-state index is 0.113. The van der Waals surface area contributed by atoms with Gasteiger partial charge in [-0.3, -0.25) is 14.5 Å². The van der Waals surface area contributed by atoms with Gasteiger partial charge in [0.15, 0.2) is 11.5 Å². The third-order valence-electron chi connectivity index (χ3n) is 5.43. The maximum Gasteiger partial charge on any atom is 0.294 e. The Kier molecular flexibility index (Phi) is 6.84. The van der Waals surface area contributed by atoms with E-state index in [1.54, 1.807) is 18.2 Å². The Balaban J connectivity index is 2.12. The van der Waals surface area contributed by atoms with E-state index in [0.717, 1.165) is 5.56 Å². The molecule has 1 aliphatic heterocycles. The Morgan fingerprint density at radius 1 is 1.10 bits per heavy atom. The predicted octanol–water partition coefficient (Wildman–Crippen LogP) is 5.72. The van der Waals surface area contributed by atoms with Gasteiger partial charge in [0.2, 0.25) is 0 Å². The Morgan fingerprint density at radius 2 is 1.77 bits per heavy atom. The Bertz CT molecular complexity index is 989. The van der Waals surface area contributed by atoms with Gasteiger partial charge < -0.3 is 9.84 Å². The summed E-state index contributed by atoms with van der Waals surface area (Å²) < 4.78 is 5.60. The van der Waals surface area contributed by atoms with Crippen molar-refractivity contribution in [2.24, 2.45) is 5.92 Å². The van der Waals surface area contributed by atoms with Crippen molar-refractivity contribution in [1.82, 2.24) is 0 Å². The molecule has 0 saturated carbocycles. The first-order valence-electron chi connectivity index (χ1n) is 10.9. The number of amides is 1. The van der Waals surface area contributed by atoms with Gasteiger partial charge in [0.05, 0.1) is 18.2 Å². The molecule has 0 bridgehead atoms. The zero-order chi connectivity index (χ0) is 22.7. The van der Waals surface area contributed by atoms with E-state index >= 15 is 0 Å². The van der Waals surface area contributed by atoms with Crippen molar-refractivity contribution in [2.75, 3.05) is 11.5 Å². The molecule has 3 rings (SSSR count). The average Bonchev–Trinajstić information content (AvgIpc) is 2.99. The molecule has 0 saturated heterocycles. The quantitative estimate of drug-likeness (QED) is 0.592. The van der Waals surface area contributed by atoms with E-state index < -0.39 is 17.7 Å². The minimum atomic E-state index is -0.683. The van der Waals surface area contributed by atoms with Gasteiger partial charge in [-0.05, 0) is 42.0 Å². The third kappa shape index (κ3) is 4.66. The first-order chi connectivity index (χ1) is 14.7. The Morgan fingerprint density at radius 3 is 2.35 bits per heavy atom. The second-order valence-corrected chi connectivity index (χ2v) is 8.61. The minimum Gasteiger partial charge on any atom is -0.503 e. The number of hydrogen-bond acceptors (Lipinski definition) is 4. The maximum atomic E-state index is 13.2. The molecule has 1 atom stereocenters. The van der Waals surface area contributed by atoms with E-state index in [9.17, 15) is 14.7 Å². The molecule has 0 radical (unpaired) electrons. The van der Waals surface area contributed by atoms with Crippen LogP contribution in [0.5, 0.6) is 5.75 Å². The van der Waals surface area contributed by atoms with E-state index in [1.807, 2.05) is 51.1 Å². The molecule has 1 heterocycles. The van der Waals surface area contributed by atoms with Crippen molar-refractivity contribution in [1.29, 1.82) is 0 Å². The molecule has 1 aliphatic rings. The Hall–Kier alpha value is -3.08. The van der Waals surface area contributed by atoms with Crippen molar-refractivity contribution in [3.05, 3.63) is 71.0 Å². The summed E-state index contributed by atoms with van der Waals surface area (Å²) in [6, 6.07) is 14.4. The van der Waals surface area contributed by atoms with Crippen molar-refractivity contribution < 1.29 is 19.4 Å². The number of rotatable bonds is 8. The highest BCUT2D eigenvalue weighted by Gasteiger charge is 2.44. The number of hydrogen-bond donors (Lipinski definition) is 1. The molecule has 0 spiro atoms. The lowest BCUT2D eigenvalue weighted by Crippen LogP contribution is -2.31. The van der Waals surface area contributed by atoms with E-state index in [-0.39, 0.29) is 23.7 Å². The van der Waals surface area contributed by atoms with Gasteiger partial charge in [-0.25, -0.2) is 0 Å². The molecule has 2 aromatic rings. The molecule has 0 aliphatic carbocycles. The molecule has 2 aromatic carbocycles. The zero-order valence-corrected chi connectivity index (χ0v) is 18.9. The number of benzene rings is 2. The van der Waals surface area contributed by atoms with E-state index in [0.29, 0.717) is 24.0 Å². The van der Waals surface area contributed by atoms with Crippen LogP contribution in [0.1, 0.15) is 64.1 Å². The highest BCUT2D eigenvalue weighted by Crippen LogP contribution is 2.42. The number of nitrogens with zero attached hydrogens (tertiary/aromatic N) is 1. The first-order valence-corrected chi connectivity index (χ1v) is 10.9. The van der Waals surface area contributed by atoms with Crippen LogP contribution in [0.15, 0.2) is 59.9 Å². The third-order valence-corrected chi connectivity index (χ3v) is 5.43. The number of ether oxygens (including phenoxy) is 1. The fraction of sp³-hybridized carbons (Fsp3) is 0.385. The molecule has 1 amide bonds. The maximum absolute atomic E-state index is 13.2. The second kappa shape index (κ2) is 9.38. The van der Waals surface area contributed by atoms with Crippen LogP contribution < -0.4 is 9.64 Å². The lowest BCUT2D eigenvalue weighted by molar-refractivity contribution is -0.118. The van der Waals surface area contributed by atoms with Crippen LogP contribution >= 0.6 is 0 Å². The topological polar surface area (TPSA) is 66.8 Å². The van der Waals surface area contributed by atoms with Crippen LogP contribution in [0.3, 0.4) is 0 Å². The monoisotopic (exact) mass is 421 g/mol. The molecular formula is C26H31NO4. The molecular weight excluding hydrogens is 390 g/mol. The summed E-state index contributed by atoms with van der Waals surface area (Å²) >= 11 is 0. The summed E-state index contributed by atoms with van der Waals surface area (Å²) in [7, 11) is 0. The van der Waals surface area contributed by atoms with Gasteiger partial charge in [-0.1, -0.05) is 58.0 Å². The number of carbonyl (C=O) groups is 2. The van der Waals surface area contributed by atoms with Gasteiger partial charge in [-0.15, -0.1) is 0 Å². The standard InChI is InChI=1S/C26H31NO4/c1-6-31-21-9-7-8-20(15-21)27-24(19-12-10-18(11-13-19)17(4)5)23(25(29)26(27)30)22(28)14-16(2)3/h7-13,15-17,24,29H,6,14H2,1-5H3. The van der Waals surface area contributed by atoms with Crippen molar-refractivity contribution in [2.45, 2.75) is 53.0 Å². The molecule has 31 heavy (non-hydrogen) atoms. The van der Waals surface area contributed by atoms with Crippen molar-refractivity contribution >= 4 is 17.4 Å². The fourth-order valence-electron chi connectivity index (χ4n) is 3.91. The van der Waals surface area contributed by atoms with Crippen molar-refractivity contribution in [3.63, 3.8) is 0 Å². The molecule has 1 unspecified atom stereocenters. The van der Waals surface area contributed by atoms with Crippen LogP contribution in [-0.4, -0.2) is 23.4 Å². The first kappa shape index (κ1) is 22.6. The predicted molar refractivity (Wildman–Crippen MR) is 122 cm³/mol. The summed E-state index contributed by atoms with van der Waals surface area (Å²) in [6.45, 7) is 10.5. The van der Waals surface area contributed by atoms with Gasteiger partial charge in [0, 0.05) is 18.2 Å².